The van der Waals surface area contributed by atoms with Gasteiger partial charge < -0.3 is 5.73 Å². The summed E-state index contributed by atoms with van der Waals surface area (Å²) in [6.45, 7) is 1.98. The fraction of sp³-hybridized carbons (Fsp3) is 0.167. The molecule has 5 N–H and O–H groups in total. The molecule has 0 aliphatic rings. The van der Waals surface area contributed by atoms with E-state index in [1.54, 1.807) is 18.6 Å². The number of aromatic nitrogens is 2. The number of hydrogen-bond acceptors (Lipinski definition) is 5. The van der Waals surface area contributed by atoms with Crippen LogP contribution in [0.2, 0.25) is 0 Å². The van der Waals surface area contributed by atoms with Crippen molar-refractivity contribution in [1.82, 2.24) is 15.4 Å². The summed E-state index contributed by atoms with van der Waals surface area (Å²) >= 11 is 3.39. The second-order valence-electron chi connectivity index (χ2n) is 3.96. The number of anilines is 1. The van der Waals surface area contributed by atoms with Crippen LogP contribution < -0.4 is 17.0 Å². The molecule has 2 rings (SSSR count). The van der Waals surface area contributed by atoms with E-state index in [9.17, 15) is 0 Å². The molecule has 2 heterocycles. The Morgan fingerprint density at radius 2 is 2.17 bits per heavy atom. The lowest BCUT2D eigenvalue weighted by Crippen LogP contribution is -2.30. The van der Waals surface area contributed by atoms with Gasteiger partial charge in [0.05, 0.1) is 6.04 Å². The molecule has 94 valence electrons. The number of nitrogens with two attached hydrogens (primary N) is 2. The third kappa shape index (κ3) is 2.50. The molecule has 2 aromatic rings. The van der Waals surface area contributed by atoms with Gasteiger partial charge in [0.25, 0.3) is 0 Å². The van der Waals surface area contributed by atoms with Crippen molar-refractivity contribution in [3.05, 3.63) is 51.9 Å². The highest BCUT2D eigenvalue weighted by Gasteiger charge is 2.18. The van der Waals surface area contributed by atoms with Gasteiger partial charge >= 0.3 is 0 Å². The van der Waals surface area contributed by atoms with E-state index in [1.807, 2.05) is 19.1 Å². The number of pyridine rings is 2. The fourth-order valence-corrected chi connectivity index (χ4v) is 2.28. The van der Waals surface area contributed by atoms with Crippen molar-refractivity contribution < 1.29 is 0 Å². The molecule has 0 radical (unpaired) electrons. The summed E-state index contributed by atoms with van der Waals surface area (Å²) in [5.41, 5.74) is 11.5. The number of halogens is 1. The average Bonchev–Trinajstić information content (AvgIpc) is 2.34. The Labute approximate surface area is 114 Å². The average molecular weight is 308 g/mol. The van der Waals surface area contributed by atoms with Gasteiger partial charge in [0, 0.05) is 28.6 Å². The summed E-state index contributed by atoms with van der Waals surface area (Å²) < 4.78 is 0.889. The van der Waals surface area contributed by atoms with E-state index in [0.29, 0.717) is 5.82 Å². The Balaban J connectivity index is 2.52. The quantitative estimate of drug-likeness (QED) is 0.593. The lowest BCUT2D eigenvalue weighted by molar-refractivity contribution is 0.631. The first-order valence-corrected chi connectivity index (χ1v) is 6.20. The first kappa shape index (κ1) is 12.9. The second kappa shape index (κ2) is 5.43. The van der Waals surface area contributed by atoms with Crippen LogP contribution in [-0.4, -0.2) is 9.97 Å². The number of aryl methyl sites for hydroxylation is 1. The van der Waals surface area contributed by atoms with Crippen molar-refractivity contribution in [2.75, 3.05) is 5.73 Å². The van der Waals surface area contributed by atoms with Gasteiger partial charge in [-0.1, -0.05) is 0 Å². The zero-order chi connectivity index (χ0) is 13.1. The van der Waals surface area contributed by atoms with Crippen LogP contribution in [0.25, 0.3) is 0 Å². The second-order valence-corrected chi connectivity index (χ2v) is 4.88. The summed E-state index contributed by atoms with van der Waals surface area (Å²) in [6, 6.07) is 3.62. The maximum atomic E-state index is 5.93. The van der Waals surface area contributed by atoms with E-state index in [2.05, 4.69) is 31.3 Å². The third-order valence-electron chi connectivity index (χ3n) is 2.75. The minimum absolute atomic E-state index is 0.233. The lowest BCUT2D eigenvalue weighted by Gasteiger charge is -2.20. The number of hydrogen-bond donors (Lipinski definition) is 3. The van der Waals surface area contributed by atoms with E-state index in [4.69, 9.17) is 11.6 Å². The van der Waals surface area contributed by atoms with Crippen LogP contribution in [0.5, 0.6) is 0 Å². The molecule has 0 saturated heterocycles. The summed E-state index contributed by atoms with van der Waals surface area (Å²) in [7, 11) is 0. The Kier molecular flexibility index (Phi) is 3.90. The molecule has 0 aromatic carbocycles. The molecule has 0 bridgehead atoms. The molecule has 0 aliphatic heterocycles. The Morgan fingerprint density at radius 1 is 1.39 bits per heavy atom. The number of rotatable bonds is 3. The van der Waals surface area contributed by atoms with Crippen molar-refractivity contribution in [3.8, 4) is 0 Å². The van der Waals surface area contributed by atoms with Crippen molar-refractivity contribution in [1.29, 1.82) is 0 Å². The van der Waals surface area contributed by atoms with Gasteiger partial charge in [0.1, 0.15) is 5.82 Å². The van der Waals surface area contributed by atoms with Crippen molar-refractivity contribution in [2.24, 2.45) is 5.84 Å². The van der Waals surface area contributed by atoms with Crippen molar-refractivity contribution >= 4 is 21.7 Å². The van der Waals surface area contributed by atoms with Gasteiger partial charge in [-0.3, -0.25) is 10.8 Å². The van der Waals surface area contributed by atoms with Gasteiger partial charge in [-0.15, -0.1) is 0 Å². The van der Waals surface area contributed by atoms with Crippen LogP contribution in [-0.2, 0) is 0 Å². The monoisotopic (exact) mass is 307 g/mol. The lowest BCUT2D eigenvalue weighted by atomic mass is 9.97. The minimum atomic E-state index is -0.233. The Bertz CT molecular complexity index is 538. The molecule has 6 heteroatoms. The normalized spacial score (nSPS) is 12.4. The van der Waals surface area contributed by atoms with Crippen molar-refractivity contribution in [2.45, 2.75) is 13.0 Å². The summed E-state index contributed by atoms with van der Waals surface area (Å²) in [6.07, 6.45) is 5.15. The van der Waals surface area contributed by atoms with E-state index < -0.39 is 0 Å². The molecule has 0 amide bonds. The largest absolute Gasteiger partial charge is 0.383 e. The Morgan fingerprint density at radius 3 is 2.78 bits per heavy atom. The summed E-state index contributed by atoms with van der Waals surface area (Å²) in [5, 5.41) is 0. The molecule has 1 unspecified atom stereocenters. The number of nitrogens with zero attached hydrogens (tertiary/aromatic N) is 2. The topological polar surface area (TPSA) is 89.8 Å². The predicted octanol–water partition coefficient (Wildman–Crippen LogP) is 1.68. The smallest absolute Gasteiger partial charge is 0.128 e. The van der Waals surface area contributed by atoms with Gasteiger partial charge in [-0.05, 0) is 46.1 Å². The molecule has 2 aromatic heterocycles. The van der Waals surface area contributed by atoms with Crippen LogP contribution in [0.1, 0.15) is 22.7 Å². The first-order chi connectivity index (χ1) is 8.63. The molecule has 0 fully saturated rings. The highest BCUT2D eigenvalue weighted by atomic mass is 79.9. The molecule has 0 saturated carbocycles. The van der Waals surface area contributed by atoms with Gasteiger partial charge in [-0.2, -0.15) is 0 Å². The molecule has 18 heavy (non-hydrogen) atoms. The van der Waals surface area contributed by atoms with Gasteiger partial charge in [0.15, 0.2) is 0 Å². The zero-order valence-corrected chi connectivity index (χ0v) is 11.5. The minimum Gasteiger partial charge on any atom is -0.383 e. The predicted molar refractivity (Wildman–Crippen MR) is 74.5 cm³/mol. The molecular formula is C12H14BrN5. The number of nitrogens with one attached hydrogen (secondary N) is 1. The number of nitrogen functional groups attached to an aromatic ring is 1. The van der Waals surface area contributed by atoms with Crippen LogP contribution in [0.4, 0.5) is 5.82 Å². The maximum absolute atomic E-state index is 5.93. The summed E-state index contributed by atoms with van der Waals surface area (Å²) in [5.74, 6) is 6.12. The van der Waals surface area contributed by atoms with E-state index in [-0.39, 0.29) is 6.04 Å². The van der Waals surface area contributed by atoms with Crippen LogP contribution in [0, 0.1) is 6.92 Å². The maximum Gasteiger partial charge on any atom is 0.128 e. The first-order valence-electron chi connectivity index (χ1n) is 5.41. The molecule has 0 aliphatic carbocycles. The molecule has 1 atom stereocenters. The third-order valence-corrected chi connectivity index (χ3v) is 3.19. The van der Waals surface area contributed by atoms with Gasteiger partial charge in [-0.25, -0.2) is 10.4 Å². The SMILES string of the molecule is Cc1ccnc(N)c1C(NN)c1cncc(Br)c1. The fourth-order valence-electron chi connectivity index (χ4n) is 1.90. The highest BCUT2D eigenvalue weighted by molar-refractivity contribution is 9.10. The highest BCUT2D eigenvalue weighted by Crippen LogP contribution is 2.28. The van der Waals surface area contributed by atoms with Gasteiger partial charge in [0.2, 0.25) is 0 Å². The summed E-state index contributed by atoms with van der Waals surface area (Å²) in [4.78, 5) is 8.24. The van der Waals surface area contributed by atoms with Crippen LogP contribution in [0.15, 0.2) is 35.2 Å². The molecular weight excluding hydrogens is 294 g/mol. The van der Waals surface area contributed by atoms with Crippen LogP contribution in [0.3, 0.4) is 0 Å². The van der Waals surface area contributed by atoms with E-state index in [1.165, 1.54) is 0 Å². The van der Waals surface area contributed by atoms with E-state index >= 15 is 0 Å². The van der Waals surface area contributed by atoms with E-state index in [0.717, 1.165) is 21.2 Å². The number of hydrazine groups is 1. The van der Waals surface area contributed by atoms with Crippen LogP contribution >= 0.6 is 15.9 Å². The Hall–Kier alpha value is -1.50. The van der Waals surface area contributed by atoms with Crippen molar-refractivity contribution in [3.63, 3.8) is 0 Å². The molecule has 0 spiro atoms. The zero-order valence-electron chi connectivity index (χ0n) is 9.89. The molecule has 5 nitrogen and oxygen atoms in total. The standard InChI is InChI=1S/C12H14BrN5/c1-7-2-3-17-12(14)10(7)11(18-15)8-4-9(13)6-16-5-8/h2-6,11,18H,15H2,1H3,(H2,14,17).